The number of carbonyl (C=O) groups excluding carboxylic acids is 5. The van der Waals surface area contributed by atoms with Crippen molar-refractivity contribution in [2.75, 3.05) is 23.8 Å². The van der Waals surface area contributed by atoms with Gasteiger partial charge >= 0.3 is 5.97 Å². The Balaban J connectivity index is 1.45. The van der Waals surface area contributed by atoms with E-state index in [4.69, 9.17) is 16.3 Å². The molecular formula is C22H21ClN4O6. The number of benzene rings is 2. The minimum atomic E-state index is -0.812. The van der Waals surface area contributed by atoms with Crippen molar-refractivity contribution in [3.05, 3.63) is 59.1 Å². The third-order valence-electron chi connectivity index (χ3n) is 4.64. The van der Waals surface area contributed by atoms with Gasteiger partial charge in [0.2, 0.25) is 11.8 Å². The van der Waals surface area contributed by atoms with Gasteiger partial charge in [-0.2, -0.15) is 0 Å². The molecule has 2 aromatic rings. The van der Waals surface area contributed by atoms with Crippen LogP contribution in [0.2, 0.25) is 5.02 Å². The summed E-state index contributed by atoms with van der Waals surface area (Å²) in [5.74, 6) is -3.27. The second-order valence-corrected chi connectivity index (χ2v) is 7.70. The highest BCUT2D eigenvalue weighted by Gasteiger charge is 2.36. The lowest BCUT2D eigenvalue weighted by Gasteiger charge is -2.17. The second-order valence-electron chi connectivity index (χ2n) is 7.27. The van der Waals surface area contributed by atoms with Crippen LogP contribution in [0.15, 0.2) is 48.5 Å². The molecule has 1 aliphatic heterocycles. The predicted molar refractivity (Wildman–Crippen MR) is 119 cm³/mol. The number of hydrogen-bond acceptors (Lipinski definition) is 6. The van der Waals surface area contributed by atoms with Crippen LogP contribution in [-0.4, -0.2) is 47.8 Å². The van der Waals surface area contributed by atoms with Crippen LogP contribution < -0.4 is 16.1 Å². The molecule has 2 aromatic carbocycles. The molecule has 33 heavy (non-hydrogen) atoms. The lowest BCUT2D eigenvalue weighted by atomic mass is 10.1. The van der Waals surface area contributed by atoms with Crippen LogP contribution in [0.25, 0.3) is 0 Å². The highest BCUT2D eigenvalue weighted by atomic mass is 35.5. The van der Waals surface area contributed by atoms with E-state index in [1.165, 1.54) is 19.1 Å². The van der Waals surface area contributed by atoms with E-state index < -0.39 is 36.2 Å². The number of amides is 4. The number of ether oxygens (including phenoxy) is 1. The van der Waals surface area contributed by atoms with Gasteiger partial charge in [-0.25, -0.2) is 0 Å². The Labute approximate surface area is 194 Å². The third-order valence-corrected chi connectivity index (χ3v) is 4.89. The van der Waals surface area contributed by atoms with Crippen LogP contribution in [0.4, 0.5) is 11.4 Å². The molecule has 0 aliphatic carbocycles. The summed E-state index contributed by atoms with van der Waals surface area (Å²) in [6.07, 6.45) is -0.147. The monoisotopic (exact) mass is 472 g/mol. The Morgan fingerprint density at radius 2 is 1.61 bits per heavy atom. The number of esters is 1. The molecule has 10 nitrogen and oxygen atoms in total. The normalized spacial score (nSPS) is 15.0. The van der Waals surface area contributed by atoms with Crippen LogP contribution >= 0.6 is 11.6 Å². The third kappa shape index (κ3) is 6.78. The van der Waals surface area contributed by atoms with Gasteiger partial charge in [0, 0.05) is 35.3 Å². The Kier molecular flexibility index (Phi) is 7.62. The van der Waals surface area contributed by atoms with E-state index in [0.29, 0.717) is 22.0 Å². The average molecular weight is 473 g/mol. The Hall–Kier alpha value is -3.92. The average Bonchev–Trinajstić information content (AvgIpc) is 3.13. The van der Waals surface area contributed by atoms with E-state index in [1.54, 1.807) is 36.4 Å². The molecule has 0 aromatic heterocycles. The number of hydrazine groups is 1. The summed E-state index contributed by atoms with van der Waals surface area (Å²) >= 11 is 5.79. The van der Waals surface area contributed by atoms with Gasteiger partial charge < -0.3 is 15.4 Å². The standard InChI is InChI=1S/C22H21ClN4O6/c1-13(28)24-17-6-8-18(9-7-17)25-19(29)12-33-22(32)15-10-20(30)27(11-15)26-21(31)14-2-4-16(23)5-3-14/h2-9,15H,10-12H2,1H3,(H,24,28)(H,25,29)(H,26,31)/t15-/m0/s1. The second kappa shape index (κ2) is 10.6. The van der Waals surface area contributed by atoms with Crippen molar-refractivity contribution in [1.29, 1.82) is 0 Å². The molecule has 0 radical (unpaired) electrons. The summed E-state index contributed by atoms with van der Waals surface area (Å²) < 4.78 is 5.02. The predicted octanol–water partition coefficient (Wildman–Crippen LogP) is 1.97. The fourth-order valence-corrected chi connectivity index (χ4v) is 3.18. The van der Waals surface area contributed by atoms with Crippen LogP contribution in [0.1, 0.15) is 23.7 Å². The number of nitrogens with one attached hydrogen (secondary N) is 3. The lowest BCUT2D eigenvalue weighted by Crippen LogP contribution is -2.43. The first-order valence-electron chi connectivity index (χ1n) is 9.92. The molecule has 1 saturated heterocycles. The van der Waals surface area contributed by atoms with Crippen molar-refractivity contribution in [3.63, 3.8) is 0 Å². The van der Waals surface area contributed by atoms with Crippen LogP contribution in [0.5, 0.6) is 0 Å². The van der Waals surface area contributed by atoms with E-state index >= 15 is 0 Å². The van der Waals surface area contributed by atoms with Gasteiger partial charge in [-0.3, -0.25) is 34.4 Å². The van der Waals surface area contributed by atoms with E-state index in [9.17, 15) is 24.0 Å². The van der Waals surface area contributed by atoms with Gasteiger partial charge in [0.25, 0.3) is 11.8 Å². The van der Waals surface area contributed by atoms with Crippen molar-refractivity contribution in [1.82, 2.24) is 10.4 Å². The summed E-state index contributed by atoms with van der Waals surface area (Å²) in [4.78, 5) is 59.8. The molecule has 3 N–H and O–H groups in total. The highest BCUT2D eigenvalue weighted by molar-refractivity contribution is 6.30. The fraction of sp³-hybridized carbons (Fsp3) is 0.227. The topological polar surface area (TPSA) is 134 Å². The first-order chi connectivity index (χ1) is 15.7. The lowest BCUT2D eigenvalue weighted by molar-refractivity contribution is -0.151. The number of rotatable bonds is 7. The van der Waals surface area contributed by atoms with Crippen molar-refractivity contribution in [2.45, 2.75) is 13.3 Å². The van der Waals surface area contributed by atoms with Gasteiger partial charge in [-0.1, -0.05) is 11.6 Å². The fourth-order valence-electron chi connectivity index (χ4n) is 3.05. The van der Waals surface area contributed by atoms with Gasteiger partial charge in [0.05, 0.1) is 12.5 Å². The van der Waals surface area contributed by atoms with Crippen molar-refractivity contribution in [2.24, 2.45) is 5.92 Å². The minimum absolute atomic E-state index is 0.0662. The largest absolute Gasteiger partial charge is 0.455 e. The molecule has 0 spiro atoms. The van der Waals surface area contributed by atoms with Gasteiger partial charge in [-0.05, 0) is 48.5 Å². The van der Waals surface area contributed by atoms with Gasteiger partial charge in [0.1, 0.15) is 0 Å². The number of carbonyl (C=O) groups is 5. The molecule has 0 bridgehead atoms. The molecule has 4 amide bonds. The summed E-state index contributed by atoms with van der Waals surface area (Å²) in [5, 5.41) is 6.69. The number of nitrogens with zero attached hydrogens (tertiary/aromatic N) is 1. The molecule has 1 atom stereocenters. The maximum Gasteiger partial charge on any atom is 0.311 e. The molecular weight excluding hydrogens is 452 g/mol. The molecule has 0 unspecified atom stereocenters. The Morgan fingerprint density at radius 3 is 2.21 bits per heavy atom. The first-order valence-corrected chi connectivity index (χ1v) is 10.3. The molecule has 172 valence electrons. The van der Waals surface area contributed by atoms with E-state index in [2.05, 4.69) is 16.1 Å². The molecule has 1 fully saturated rings. The smallest absolute Gasteiger partial charge is 0.311 e. The van der Waals surface area contributed by atoms with Crippen molar-refractivity contribution >= 4 is 52.6 Å². The summed E-state index contributed by atoms with van der Waals surface area (Å²) in [6.45, 7) is 0.784. The summed E-state index contributed by atoms with van der Waals surface area (Å²) in [6, 6.07) is 12.5. The minimum Gasteiger partial charge on any atom is -0.455 e. The Bertz CT molecular complexity index is 1070. The van der Waals surface area contributed by atoms with Crippen LogP contribution in [0, 0.1) is 5.92 Å². The zero-order valence-electron chi connectivity index (χ0n) is 17.6. The summed E-state index contributed by atoms with van der Waals surface area (Å²) in [5.41, 5.74) is 3.79. The highest BCUT2D eigenvalue weighted by Crippen LogP contribution is 2.19. The quantitative estimate of drug-likeness (QED) is 0.527. The van der Waals surface area contributed by atoms with Crippen LogP contribution in [0.3, 0.4) is 0 Å². The molecule has 3 rings (SSSR count). The SMILES string of the molecule is CC(=O)Nc1ccc(NC(=O)COC(=O)[C@H]2CC(=O)N(NC(=O)c3ccc(Cl)cc3)C2)cc1. The van der Waals surface area contributed by atoms with E-state index in [0.717, 1.165) is 5.01 Å². The number of anilines is 2. The van der Waals surface area contributed by atoms with E-state index in [1.807, 2.05) is 0 Å². The van der Waals surface area contributed by atoms with E-state index in [-0.39, 0.29) is 18.9 Å². The number of hydrogen-bond donors (Lipinski definition) is 3. The molecule has 0 saturated carbocycles. The number of halogens is 1. The Morgan fingerprint density at radius 1 is 1.00 bits per heavy atom. The maximum atomic E-state index is 12.3. The zero-order valence-corrected chi connectivity index (χ0v) is 18.3. The zero-order chi connectivity index (χ0) is 24.0. The maximum absolute atomic E-state index is 12.3. The van der Waals surface area contributed by atoms with Gasteiger partial charge in [-0.15, -0.1) is 0 Å². The van der Waals surface area contributed by atoms with Gasteiger partial charge in [0.15, 0.2) is 6.61 Å². The summed E-state index contributed by atoms with van der Waals surface area (Å²) in [7, 11) is 0. The molecule has 1 heterocycles. The van der Waals surface area contributed by atoms with Crippen LogP contribution in [-0.2, 0) is 23.9 Å². The molecule has 11 heteroatoms. The first kappa shape index (κ1) is 23.7. The van der Waals surface area contributed by atoms with Crippen molar-refractivity contribution < 1.29 is 28.7 Å². The van der Waals surface area contributed by atoms with Crippen molar-refractivity contribution in [3.8, 4) is 0 Å². The molecule has 1 aliphatic rings.